The minimum absolute atomic E-state index is 0.840. The van der Waals surface area contributed by atoms with Gasteiger partial charge in [-0.25, -0.2) is 0 Å². The lowest BCUT2D eigenvalue weighted by molar-refractivity contribution is 0.138. The summed E-state index contributed by atoms with van der Waals surface area (Å²) in [7, 11) is 0. The second-order valence-corrected chi connectivity index (χ2v) is 6.02. The predicted octanol–water partition coefficient (Wildman–Crippen LogP) is 2.07. The highest BCUT2D eigenvalue weighted by Crippen LogP contribution is 2.22. The molecule has 106 valence electrons. The molecule has 3 nitrogen and oxygen atoms in total. The maximum absolute atomic E-state index is 5.69. The lowest BCUT2D eigenvalue weighted by atomic mass is 9.94. The maximum Gasteiger partial charge on any atom is 0.0112 e. The van der Waals surface area contributed by atoms with Crippen molar-refractivity contribution in [3.63, 3.8) is 0 Å². The van der Waals surface area contributed by atoms with E-state index < -0.39 is 0 Å². The molecule has 0 radical (unpaired) electrons. The van der Waals surface area contributed by atoms with Crippen molar-refractivity contribution in [2.75, 3.05) is 39.3 Å². The van der Waals surface area contributed by atoms with Crippen molar-refractivity contribution in [1.82, 2.24) is 9.80 Å². The van der Waals surface area contributed by atoms with Gasteiger partial charge in [0.15, 0.2) is 0 Å². The van der Waals surface area contributed by atoms with E-state index in [-0.39, 0.29) is 0 Å². The third kappa shape index (κ3) is 4.52. The molecule has 2 N–H and O–H groups in total. The summed E-state index contributed by atoms with van der Waals surface area (Å²) < 4.78 is 0. The van der Waals surface area contributed by atoms with Crippen molar-refractivity contribution in [1.29, 1.82) is 0 Å². The molecule has 1 aliphatic heterocycles. The summed E-state index contributed by atoms with van der Waals surface area (Å²) in [6.45, 7) is 7.26. The molecule has 1 aliphatic carbocycles. The highest BCUT2D eigenvalue weighted by molar-refractivity contribution is 4.77. The maximum atomic E-state index is 5.69. The number of hydrogen-bond acceptors (Lipinski definition) is 3. The molecule has 0 amide bonds. The van der Waals surface area contributed by atoms with Crippen LogP contribution in [0.2, 0.25) is 0 Å². The van der Waals surface area contributed by atoms with E-state index in [1.807, 2.05) is 0 Å². The minimum atomic E-state index is 0.840. The van der Waals surface area contributed by atoms with Crippen molar-refractivity contribution < 1.29 is 0 Å². The van der Waals surface area contributed by atoms with Crippen LogP contribution in [0.4, 0.5) is 0 Å². The highest BCUT2D eigenvalue weighted by Gasteiger charge is 2.21. The molecule has 1 saturated heterocycles. The predicted molar refractivity (Wildman–Crippen MR) is 77.8 cm³/mol. The Morgan fingerprint density at radius 2 is 1.67 bits per heavy atom. The molecule has 0 aromatic rings. The van der Waals surface area contributed by atoms with Crippen LogP contribution in [-0.2, 0) is 0 Å². The summed E-state index contributed by atoms with van der Waals surface area (Å²) in [6.07, 6.45) is 11.2. The summed E-state index contributed by atoms with van der Waals surface area (Å²) >= 11 is 0. The Hall–Kier alpha value is -0.120. The first kappa shape index (κ1) is 14.3. The molecule has 0 spiro atoms. The number of nitrogens with zero attached hydrogens (tertiary/aromatic N) is 2. The van der Waals surface area contributed by atoms with Crippen LogP contribution in [0, 0.1) is 0 Å². The fourth-order valence-corrected chi connectivity index (χ4v) is 3.49. The van der Waals surface area contributed by atoms with Gasteiger partial charge in [-0.1, -0.05) is 19.3 Å². The van der Waals surface area contributed by atoms with Crippen LogP contribution >= 0.6 is 0 Å². The van der Waals surface area contributed by atoms with Gasteiger partial charge in [0.1, 0.15) is 0 Å². The molecular formula is C15H31N3. The zero-order valence-electron chi connectivity index (χ0n) is 11.9. The fraction of sp³-hybridized carbons (Fsp3) is 1.00. The standard InChI is InChI=1S/C15H31N3/c16-9-6-12-18(15-7-2-1-3-8-15)14-13-17-10-4-5-11-17/h15H,1-14,16H2. The SMILES string of the molecule is NCCCN(CCN1CCCC1)C1CCCCC1. The lowest BCUT2D eigenvalue weighted by Crippen LogP contribution is -2.42. The summed E-state index contributed by atoms with van der Waals surface area (Å²) in [5.41, 5.74) is 5.69. The quantitative estimate of drug-likeness (QED) is 0.754. The first-order chi connectivity index (χ1) is 8.90. The van der Waals surface area contributed by atoms with Gasteiger partial charge in [0, 0.05) is 19.1 Å². The third-order valence-electron chi connectivity index (χ3n) is 4.64. The Bertz CT molecular complexity index is 208. The first-order valence-electron chi connectivity index (χ1n) is 8.06. The minimum Gasteiger partial charge on any atom is -0.330 e. The van der Waals surface area contributed by atoms with Gasteiger partial charge >= 0.3 is 0 Å². The first-order valence-corrected chi connectivity index (χ1v) is 8.06. The third-order valence-corrected chi connectivity index (χ3v) is 4.64. The summed E-state index contributed by atoms with van der Waals surface area (Å²) in [5, 5.41) is 0. The molecule has 1 heterocycles. The lowest BCUT2D eigenvalue weighted by Gasteiger charge is -2.35. The molecule has 0 unspecified atom stereocenters. The highest BCUT2D eigenvalue weighted by atomic mass is 15.2. The van der Waals surface area contributed by atoms with Gasteiger partial charge in [-0.15, -0.1) is 0 Å². The van der Waals surface area contributed by atoms with E-state index in [1.165, 1.54) is 77.7 Å². The van der Waals surface area contributed by atoms with E-state index in [1.54, 1.807) is 0 Å². The van der Waals surface area contributed by atoms with E-state index >= 15 is 0 Å². The van der Waals surface area contributed by atoms with Gasteiger partial charge in [-0.2, -0.15) is 0 Å². The van der Waals surface area contributed by atoms with E-state index in [0.29, 0.717) is 0 Å². The summed E-state index contributed by atoms with van der Waals surface area (Å²) in [6, 6.07) is 0.855. The van der Waals surface area contributed by atoms with Crippen molar-refractivity contribution in [2.45, 2.75) is 57.4 Å². The van der Waals surface area contributed by atoms with E-state index in [0.717, 1.165) is 19.0 Å². The van der Waals surface area contributed by atoms with E-state index in [4.69, 9.17) is 5.73 Å². The van der Waals surface area contributed by atoms with Crippen LogP contribution in [0.3, 0.4) is 0 Å². The second kappa shape index (κ2) is 8.13. The van der Waals surface area contributed by atoms with Crippen molar-refractivity contribution in [3.05, 3.63) is 0 Å². The van der Waals surface area contributed by atoms with Crippen LogP contribution in [0.15, 0.2) is 0 Å². The van der Waals surface area contributed by atoms with Crippen LogP contribution in [0.5, 0.6) is 0 Å². The largest absolute Gasteiger partial charge is 0.330 e. The van der Waals surface area contributed by atoms with Crippen molar-refractivity contribution >= 4 is 0 Å². The zero-order chi connectivity index (χ0) is 12.6. The number of rotatable bonds is 7. The molecular weight excluding hydrogens is 222 g/mol. The molecule has 2 rings (SSSR count). The number of hydrogen-bond donors (Lipinski definition) is 1. The summed E-state index contributed by atoms with van der Waals surface area (Å²) in [4.78, 5) is 5.38. The Balaban J connectivity index is 1.75. The Morgan fingerprint density at radius 1 is 0.944 bits per heavy atom. The van der Waals surface area contributed by atoms with Gasteiger partial charge < -0.3 is 10.6 Å². The molecule has 18 heavy (non-hydrogen) atoms. The molecule has 0 aromatic carbocycles. The van der Waals surface area contributed by atoms with Crippen LogP contribution < -0.4 is 5.73 Å². The molecule has 3 heteroatoms. The van der Waals surface area contributed by atoms with Gasteiger partial charge in [-0.05, 0) is 58.3 Å². The number of likely N-dealkylation sites (tertiary alicyclic amines) is 1. The Morgan fingerprint density at radius 3 is 2.33 bits per heavy atom. The molecule has 0 aromatic heterocycles. The molecule has 0 atom stereocenters. The van der Waals surface area contributed by atoms with Gasteiger partial charge in [0.2, 0.25) is 0 Å². The summed E-state index contributed by atoms with van der Waals surface area (Å²) in [5.74, 6) is 0. The topological polar surface area (TPSA) is 32.5 Å². The van der Waals surface area contributed by atoms with E-state index in [9.17, 15) is 0 Å². The smallest absolute Gasteiger partial charge is 0.0112 e. The Labute approximate surface area is 113 Å². The van der Waals surface area contributed by atoms with Gasteiger partial charge in [0.25, 0.3) is 0 Å². The number of nitrogens with two attached hydrogens (primary N) is 1. The fourth-order valence-electron chi connectivity index (χ4n) is 3.49. The van der Waals surface area contributed by atoms with Crippen molar-refractivity contribution in [3.8, 4) is 0 Å². The second-order valence-electron chi connectivity index (χ2n) is 6.02. The van der Waals surface area contributed by atoms with Crippen molar-refractivity contribution in [2.24, 2.45) is 5.73 Å². The van der Waals surface area contributed by atoms with Gasteiger partial charge in [-0.3, -0.25) is 4.90 Å². The van der Waals surface area contributed by atoms with Gasteiger partial charge in [0.05, 0.1) is 0 Å². The average molecular weight is 253 g/mol. The Kier molecular flexibility index (Phi) is 6.46. The van der Waals surface area contributed by atoms with Crippen LogP contribution in [0.25, 0.3) is 0 Å². The molecule has 0 bridgehead atoms. The zero-order valence-corrected chi connectivity index (χ0v) is 11.9. The molecule has 1 saturated carbocycles. The van der Waals surface area contributed by atoms with Crippen LogP contribution in [0.1, 0.15) is 51.4 Å². The average Bonchev–Trinajstić information content (AvgIpc) is 2.93. The van der Waals surface area contributed by atoms with E-state index in [2.05, 4.69) is 9.80 Å². The molecule has 2 aliphatic rings. The van der Waals surface area contributed by atoms with Crippen LogP contribution in [-0.4, -0.2) is 55.1 Å². The normalized spacial score (nSPS) is 23.0. The monoisotopic (exact) mass is 253 g/mol. The molecule has 2 fully saturated rings.